The SMILES string of the molecule is COC(=O)c1sccc1Oc1ccc(F)cc1NC1=CC(=O)N(CCO)C1=O. The molecule has 0 saturated heterocycles. The number of carbonyl (C=O) groups is 3. The third-order valence-corrected chi connectivity index (χ3v) is 4.64. The van der Waals surface area contributed by atoms with Gasteiger partial charge in [-0.15, -0.1) is 11.3 Å². The van der Waals surface area contributed by atoms with Crippen molar-refractivity contribution in [1.29, 1.82) is 0 Å². The molecule has 1 aliphatic heterocycles. The summed E-state index contributed by atoms with van der Waals surface area (Å²) in [6.45, 7) is -0.523. The predicted octanol–water partition coefficient (Wildman–Crippen LogP) is 2.12. The van der Waals surface area contributed by atoms with Crippen LogP contribution in [0.3, 0.4) is 0 Å². The summed E-state index contributed by atoms with van der Waals surface area (Å²) < 4.78 is 24.1. The highest BCUT2D eigenvalue weighted by Gasteiger charge is 2.31. The monoisotopic (exact) mass is 406 g/mol. The van der Waals surface area contributed by atoms with Crippen molar-refractivity contribution in [2.45, 2.75) is 0 Å². The summed E-state index contributed by atoms with van der Waals surface area (Å²) in [5, 5.41) is 13.3. The Kier molecular flexibility index (Phi) is 5.71. The second-order valence-electron chi connectivity index (χ2n) is 5.55. The average Bonchev–Trinajstić information content (AvgIpc) is 3.23. The van der Waals surface area contributed by atoms with Crippen molar-refractivity contribution < 1.29 is 33.4 Å². The zero-order chi connectivity index (χ0) is 20.3. The number of esters is 1. The van der Waals surface area contributed by atoms with E-state index < -0.39 is 23.6 Å². The van der Waals surface area contributed by atoms with Crippen LogP contribution in [0.5, 0.6) is 11.5 Å². The minimum atomic E-state index is -0.653. The number of anilines is 1. The molecule has 0 aliphatic carbocycles. The van der Waals surface area contributed by atoms with Gasteiger partial charge in [0.25, 0.3) is 11.8 Å². The van der Waals surface area contributed by atoms with Gasteiger partial charge >= 0.3 is 5.97 Å². The predicted molar refractivity (Wildman–Crippen MR) is 97.6 cm³/mol. The van der Waals surface area contributed by atoms with E-state index >= 15 is 0 Å². The van der Waals surface area contributed by atoms with Crippen molar-refractivity contribution in [3.63, 3.8) is 0 Å². The molecule has 8 nitrogen and oxygen atoms in total. The van der Waals surface area contributed by atoms with E-state index in [-0.39, 0.29) is 40.9 Å². The van der Waals surface area contributed by atoms with Gasteiger partial charge in [-0.3, -0.25) is 14.5 Å². The maximum absolute atomic E-state index is 13.8. The van der Waals surface area contributed by atoms with Crippen LogP contribution in [-0.2, 0) is 14.3 Å². The van der Waals surface area contributed by atoms with Crippen LogP contribution < -0.4 is 10.1 Å². The van der Waals surface area contributed by atoms with E-state index in [9.17, 15) is 18.8 Å². The molecule has 1 aromatic heterocycles. The molecule has 10 heteroatoms. The van der Waals surface area contributed by atoms with E-state index in [4.69, 9.17) is 9.84 Å². The molecule has 2 amide bonds. The second-order valence-corrected chi connectivity index (χ2v) is 6.47. The number of imide groups is 1. The van der Waals surface area contributed by atoms with Crippen molar-refractivity contribution in [3.8, 4) is 11.5 Å². The normalized spacial score (nSPS) is 13.5. The van der Waals surface area contributed by atoms with Crippen LogP contribution in [0.25, 0.3) is 0 Å². The van der Waals surface area contributed by atoms with Crippen molar-refractivity contribution in [2.75, 3.05) is 25.6 Å². The van der Waals surface area contributed by atoms with Gasteiger partial charge in [0.15, 0.2) is 16.4 Å². The number of hydrogen-bond acceptors (Lipinski definition) is 8. The minimum absolute atomic E-state index is 0.0836. The Bertz CT molecular complexity index is 971. The van der Waals surface area contributed by atoms with Gasteiger partial charge in [-0.2, -0.15) is 0 Å². The Hall–Kier alpha value is -3.24. The second kappa shape index (κ2) is 8.19. The third-order valence-electron chi connectivity index (χ3n) is 3.76. The number of nitrogens with one attached hydrogen (secondary N) is 1. The van der Waals surface area contributed by atoms with Crippen LogP contribution in [0.4, 0.5) is 10.1 Å². The van der Waals surface area contributed by atoms with Gasteiger partial charge in [0, 0.05) is 12.1 Å². The molecule has 1 aromatic carbocycles. The highest BCUT2D eigenvalue weighted by atomic mass is 32.1. The van der Waals surface area contributed by atoms with Gasteiger partial charge in [0.1, 0.15) is 11.5 Å². The van der Waals surface area contributed by atoms with Crippen LogP contribution >= 0.6 is 11.3 Å². The number of aliphatic hydroxyl groups excluding tert-OH is 1. The molecule has 0 spiro atoms. The van der Waals surface area contributed by atoms with Crippen LogP contribution in [0.2, 0.25) is 0 Å². The van der Waals surface area contributed by atoms with E-state index in [0.717, 1.165) is 34.4 Å². The number of aliphatic hydroxyl groups is 1. The summed E-state index contributed by atoms with van der Waals surface area (Å²) in [7, 11) is 1.24. The molecule has 1 aliphatic rings. The van der Waals surface area contributed by atoms with Gasteiger partial charge in [0.05, 0.1) is 25.9 Å². The van der Waals surface area contributed by atoms with Gasteiger partial charge in [-0.1, -0.05) is 0 Å². The molecule has 3 rings (SSSR count). The highest BCUT2D eigenvalue weighted by Crippen LogP contribution is 2.35. The van der Waals surface area contributed by atoms with E-state index in [1.54, 1.807) is 11.4 Å². The van der Waals surface area contributed by atoms with Crippen LogP contribution in [0.1, 0.15) is 9.67 Å². The average molecular weight is 406 g/mol. The van der Waals surface area contributed by atoms with Gasteiger partial charge in [-0.25, -0.2) is 9.18 Å². The minimum Gasteiger partial charge on any atom is -0.465 e. The zero-order valence-electron chi connectivity index (χ0n) is 14.6. The Morgan fingerprint density at radius 3 is 2.79 bits per heavy atom. The van der Waals surface area contributed by atoms with Crippen molar-refractivity contribution in [3.05, 3.63) is 52.1 Å². The first-order chi connectivity index (χ1) is 13.4. The maximum atomic E-state index is 13.8. The molecule has 146 valence electrons. The topological polar surface area (TPSA) is 105 Å². The molecule has 28 heavy (non-hydrogen) atoms. The van der Waals surface area contributed by atoms with Crippen LogP contribution in [-0.4, -0.2) is 48.1 Å². The number of hydrogen-bond donors (Lipinski definition) is 2. The van der Waals surface area contributed by atoms with Gasteiger partial charge in [0.2, 0.25) is 0 Å². The largest absolute Gasteiger partial charge is 0.465 e. The number of β-amino-alcohol motifs (C(OH)–C–C–N with tert-alkyl or cyclic N) is 1. The number of rotatable bonds is 7. The van der Waals surface area contributed by atoms with Crippen LogP contribution in [0.15, 0.2) is 41.4 Å². The lowest BCUT2D eigenvalue weighted by Crippen LogP contribution is -2.34. The molecule has 0 fully saturated rings. The first-order valence-electron chi connectivity index (χ1n) is 8.03. The van der Waals surface area contributed by atoms with Crippen molar-refractivity contribution in [1.82, 2.24) is 4.90 Å². The quantitative estimate of drug-likeness (QED) is 0.536. The molecule has 0 saturated carbocycles. The maximum Gasteiger partial charge on any atom is 0.351 e. The number of benzene rings is 1. The summed E-state index contributed by atoms with van der Waals surface area (Å²) in [6, 6.07) is 5.12. The van der Waals surface area contributed by atoms with Crippen LogP contribution in [0, 0.1) is 5.82 Å². The molecule has 0 unspecified atom stereocenters. The summed E-state index contributed by atoms with van der Waals surface area (Å²) in [4.78, 5) is 37.0. The van der Waals surface area contributed by atoms with E-state index in [1.165, 1.54) is 13.2 Å². The lowest BCUT2D eigenvalue weighted by molar-refractivity contribution is -0.137. The molecule has 2 heterocycles. The number of ether oxygens (including phenoxy) is 2. The van der Waals surface area contributed by atoms with Gasteiger partial charge < -0.3 is 19.9 Å². The Balaban J connectivity index is 1.88. The summed E-state index contributed by atoms with van der Waals surface area (Å²) >= 11 is 1.12. The van der Waals surface area contributed by atoms with Crippen molar-refractivity contribution >= 4 is 34.8 Å². The number of methoxy groups -OCH3 is 1. The molecule has 2 aromatic rings. The number of nitrogens with zero attached hydrogens (tertiary/aromatic N) is 1. The summed E-state index contributed by atoms with van der Waals surface area (Å²) in [5.74, 6) is -2.09. The standard InChI is InChI=1S/C18H15FN2O6S/c1-26-18(25)16-14(4-7-28-16)27-13-3-2-10(19)8-11(13)20-12-9-15(23)21(5-6-22)17(12)24/h2-4,7-9,20,22H,5-6H2,1H3. The molecular formula is C18H15FN2O6S. The fraction of sp³-hybridized carbons (Fsp3) is 0.167. The third kappa shape index (κ3) is 3.87. The zero-order valence-corrected chi connectivity index (χ0v) is 15.4. The molecule has 0 radical (unpaired) electrons. The number of carbonyl (C=O) groups excluding carboxylic acids is 3. The smallest absolute Gasteiger partial charge is 0.351 e. The molecule has 0 bridgehead atoms. The number of amides is 2. The Labute approximate surface area is 162 Å². The Morgan fingerprint density at radius 1 is 1.29 bits per heavy atom. The first-order valence-corrected chi connectivity index (χ1v) is 8.91. The molecule has 2 N–H and O–H groups in total. The van der Waals surface area contributed by atoms with E-state index in [2.05, 4.69) is 10.1 Å². The lowest BCUT2D eigenvalue weighted by Gasteiger charge is -2.15. The molecular weight excluding hydrogens is 391 g/mol. The summed E-state index contributed by atoms with van der Waals surface area (Å²) in [6.07, 6.45) is 1.05. The van der Waals surface area contributed by atoms with Crippen molar-refractivity contribution in [2.24, 2.45) is 0 Å². The highest BCUT2D eigenvalue weighted by molar-refractivity contribution is 7.12. The Morgan fingerprint density at radius 2 is 2.07 bits per heavy atom. The molecule has 0 atom stereocenters. The fourth-order valence-corrected chi connectivity index (χ4v) is 3.21. The summed E-state index contributed by atoms with van der Waals surface area (Å²) in [5.41, 5.74) is -0.00678. The lowest BCUT2D eigenvalue weighted by atomic mass is 10.2. The van der Waals surface area contributed by atoms with Gasteiger partial charge in [-0.05, 0) is 23.6 Å². The van der Waals surface area contributed by atoms with E-state index in [1.807, 2.05) is 0 Å². The number of thiophene rings is 1. The first kappa shape index (κ1) is 19.5. The fourth-order valence-electron chi connectivity index (χ4n) is 2.48. The number of halogens is 1. The van der Waals surface area contributed by atoms with E-state index in [0.29, 0.717) is 0 Å².